The standard InChI is InChI=1S/C21H22ClN3O2/c22-18-8-4-5-9-19(18)24-12-14-25(15-13-24)21(27)16-23-20(26)11-10-17-6-2-1-3-7-17/h1-11H,12-16H2,(H,23,26)/b11-10+. The summed E-state index contributed by atoms with van der Waals surface area (Å²) in [6.45, 7) is 2.66. The van der Waals surface area contributed by atoms with E-state index in [4.69, 9.17) is 11.6 Å². The van der Waals surface area contributed by atoms with Gasteiger partial charge < -0.3 is 15.1 Å². The molecule has 3 rings (SSSR count). The van der Waals surface area contributed by atoms with Crippen molar-refractivity contribution in [3.05, 3.63) is 71.3 Å². The van der Waals surface area contributed by atoms with Crippen molar-refractivity contribution in [2.75, 3.05) is 37.6 Å². The van der Waals surface area contributed by atoms with E-state index in [1.807, 2.05) is 54.6 Å². The Hall–Kier alpha value is -2.79. The zero-order valence-electron chi connectivity index (χ0n) is 15.0. The number of hydrogen-bond acceptors (Lipinski definition) is 3. The van der Waals surface area contributed by atoms with E-state index in [1.54, 1.807) is 11.0 Å². The first kappa shape index (κ1) is 19.0. The van der Waals surface area contributed by atoms with Crippen molar-refractivity contribution in [1.29, 1.82) is 0 Å². The fraction of sp³-hybridized carbons (Fsp3) is 0.238. The van der Waals surface area contributed by atoms with Crippen LogP contribution in [0.2, 0.25) is 5.02 Å². The van der Waals surface area contributed by atoms with Gasteiger partial charge in [0, 0.05) is 32.3 Å². The molecule has 2 aromatic carbocycles. The van der Waals surface area contributed by atoms with Crippen molar-refractivity contribution in [2.24, 2.45) is 0 Å². The second-order valence-corrected chi connectivity index (χ2v) is 6.69. The molecule has 0 atom stereocenters. The summed E-state index contributed by atoms with van der Waals surface area (Å²) in [4.78, 5) is 28.2. The third-order valence-corrected chi connectivity index (χ3v) is 4.79. The highest BCUT2D eigenvalue weighted by Crippen LogP contribution is 2.25. The van der Waals surface area contributed by atoms with Gasteiger partial charge in [-0.3, -0.25) is 9.59 Å². The first-order chi connectivity index (χ1) is 13.1. The Kier molecular flexibility index (Phi) is 6.49. The number of piperazine rings is 1. The van der Waals surface area contributed by atoms with Gasteiger partial charge in [-0.05, 0) is 23.8 Å². The Balaban J connectivity index is 1.44. The Morgan fingerprint density at radius 2 is 1.63 bits per heavy atom. The van der Waals surface area contributed by atoms with E-state index < -0.39 is 0 Å². The van der Waals surface area contributed by atoms with Crippen LogP contribution >= 0.6 is 11.6 Å². The number of para-hydroxylation sites is 1. The van der Waals surface area contributed by atoms with Crippen LogP contribution in [0, 0.1) is 0 Å². The van der Waals surface area contributed by atoms with Gasteiger partial charge in [-0.15, -0.1) is 0 Å². The number of anilines is 1. The van der Waals surface area contributed by atoms with Gasteiger partial charge in [-0.2, -0.15) is 0 Å². The SMILES string of the molecule is O=C(/C=C/c1ccccc1)NCC(=O)N1CCN(c2ccccc2Cl)CC1. The lowest BCUT2D eigenvalue weighted by Gasteiger charge is -2.36. The fourth-order valence-electron chi connectivity index (χ4n) is 2.97. The lowest BCUT2D eigenvalue weighted by Crippen LogP contribution is -2.51. The Bertz CT molecular complexity index is 815. The molecule has 2 aromatic rings. The van der Waals surface area contributed by atoms with E-state index in [0.717, 1.165) is 29.4 Å². The topological polar surface area (TPSA) is 52.7 Å². The maximum Gasteiger partial charge on any atom is 0.244 e. The molecule has 5 nitrogen and oxygen atoms in total. The van der Waals surface area contributed by atoms with Crippen LogP contribution in [0.25, 0.3) is 6.08 Å². The number of halogens is 1. The number of carbonyl (C=O) groups excluding carboxylic acids is 2. The number of rotatable bonds is 5. The van der Waals surface area contributed by atoms with Gasteiger partial charge in [0.2, 0.25) is 11.8 Å². The lowest BCUT2D eigenvalue weighted by atomic mass is 10.2. The molecule has 1 saturated heterocycles. The minimum absolute atomic E-state index is 0.00402. The molecule has 1 aliphatic heterocycles. The summed E-state index contributed by atoms with van der Waals surface area (Å²) in [7, 11) is 0. The minimum atomic E-state index is -0.276. The Labute approximate surface area is 164 Å². The normalized spacial score (nSPS) is 14.4. The molecule has 0 aromatic heterocycles. The first-order valence-electron chi connectivity index (χ1n) is 8.92. The van der Waals surface area contributed by atoms with Crippen molar-refractivity contribution in [3.8, 4) is 0 Å². The zero-order chi connectivity index (χ0) is 19.1. The third kappa shape index (κ3) is 5.34. The van der Waals surface area contributed by atoms with Gasteiger partial charge >= 0.3 is 0 Å². The number of hydrogen-bond donors (Lipinski definition) is 1. The maximum atomic E-state index is 12.3. The summed E-state index contributed by atoms with van der Waals surface area (Å²) in [6.07, 6.45) is 3.17. The Morgan fingerprint density at radius 3 is 2.33 bits per heavy atom. The molecule has 1 aliphatic rings. The van der Waals surface area contributed by atoms with E-state index in [0.29, 0.717) is 13.1 Å². The number of nitrogens with one attached hydrogen (secondary N) is 1. The van der Waals surface area contributed by atoms with Crippen molar-refractivity contribution in [1.82, 2.24) is 10.2 Å². The van der Waals surface area contributed by atoms with Gasteiger partial charge in [-0.1, -0.05) is 54.1 Å². The molecule has 2 amide bonds. The molecule has 27 heavy (non-hydrogen) atoms. The van der Waals surface area contributed by atoms with Crippen LogP contribution in [0.4, 0.5) is 5.69 Å². The van der Waals surface area contributed by atoms with Crippen molar-refractivity contribution < 1.29 is 9.59 Å². The van der Waals surface area contributed by atoms with Crippen molar-refractivity contribution >= 4 is 35.2 Å². The van der Waals surface area contributed by atoms with Crippen LogP contribution in [0.3, 0.4) is 0 Å². The minimum Gasteiger partial charge on any atom is -0.367 e. The van der Waals surface area contributed by atoms with Gasteiger partial charge in [0.05, 0.1) is 17.3 Å². The summed E-state index contributed by atoms with van der Waals surface area (Å²) >= 11 is 6.24. The number of nitrogens with zero attached hydrogens (tertiary/aromatic N) is 2. The van der Waals surface area contributed by atoms with Crippen LogP contribution in [0.5, 0.6) is 0 Å². The average molecular weight is 384 g/mol. The summed E-state index contributed by atoms with van der Waals surface area (Å²) in [5, 5.41) is 3.37. The predicted molar refractivity (Wildman–Crippen MR) is 109 cm³/mol. The molecular formula is C21H22ClN3O2. The molecule has 140 valence electrons. The van der Waals surface area contributed by atoms with Gasteiger partial charge in [0.15, 0.2) is 0 Å². The Morgan fingerprint density at radius 1 is 0.963 bits per heavy atom. The molecule has 1 N–H and O–H groups in total. The predicted octanol–water partition coefficient (Wildman–Crippen LogP) is 2.82. The summed E-state index contributed by atoms with van der Waals surface area (Å²) in [5.41, 5.74) is 1.93. The molecule has 0 bridgehead atoms. The smallest absolute Gasteiger partial charge is 0.244 e. The quantitative estimate of drug-likeness (QED) is 0.808. The first-order valence-corrected chi connectivity index (χ1v) is 9.29. The molecule has 0 aliphatic carbocycles. The van der Waals surface area contributed by atoms with Crippen molar-refractivity contribution in [2.45, 2.75) is 0 Å². The zero-order valence-corrected chi connectivity index (χ0v) is 15.7. The van der Waals surface area contributed by atoms with Crippen LogP contribution < -0.4 is 10.2 Å². The van der Waals surface area contributed by atoms with E-state index >= 15 is 0 Å². The monoisotopic (exact) mass is 383 g/mol. The van der Waals surface area contributed by atoms with Crippen molar-refractivity contribution in [3.63, 3.8) is 0 Å². The van der Waals surface area contributed by atoms with E-state index in [1.165, 1.54) is 6.08 Å². The van der Waals surface area contributed by atoms with Crippen LogP contribution in [0.1, 0.15) is 5.56 Å². The molecule has 1 fully saturated rings. The number of amides is 2. The molecule has 0 spiro atoms. The summed E-state index contributed by atoms with van der Waals surface area (Å²) < 4.78 is 0. The fourth-order valence-corrected chi connectivity index (χ4v) is 3.23. The van der Waals surface area contributed by atoms with E-state index in [9.17, 15) is 9.59 Å². The molecule has 6 heteroatoms. The number of carbonyl (C=O) groups is 2. The number of benzene rings is 2. The molecular weight excluding hydrogens is 362 g/mol. The van der Waals surface area contributed by atoms with Crippen LogP contribution in [0.15, 0.2) is 60.7 Å². The summed E-state index contributed by atoms with van der Waals surface area (Å²) in [6, 6.07) is 17.3. The van der Waals surface area contributed by atoms with Gasteiger partial charge in [-0.25, -0.2) is 0 Å². The molecule has 0 radical (unpaired) electrons. The van der Waals surface area contributed by atoms with E-state index in [-0.39, 0.29) is 18.4 Å². The van der Waals surface area contributed by atoms with E-state index in [2.05, 4.69) is 10.2 Å². The maximum absolute atomic E-state index is 12.3. The molecule has 0 saturated carbocycles. The van der Waals surface area contributed by atoms with Gasteiger partial charge in [0.25, 0.3) is 0 Å². The third-order valence-electron chi connectivity index (χ3n) is 4.47. The van der Waals surface area contributed by atoms with Crippen LogP contribution in [-0.4, -0.2) is 49.4 Å². The highest BCUT2D eigenvalue weighted by atomic mass is 35.5. The van der Waals surface area contributed by atoms with Crippen LogP contribution in [-0.2, 0) is 9.59 Å². The lowest BCUT2D eigenvalue weighted by molar-refractivity contribution is -0.132. The molecule has 1 heterocycles. The average Bonchev–Trinajstić information content (AvgIpc) is 2.72. The largest absolute Gasteiger partial charge is 0.367 e. The van der Waals surface area contributed by atoms with Gasteiger partial charge in [0.1, 0.15) is 0 Å². The highest BCUT2D eigenvalue weighted by Gasteiger charge is 2.22. The molecule has 0 unspecified atom stereocenters. The second kappa shape index (κ2) is 9.24. The summed E-state index contributed by atoms with van der Waals surface area (Å²) in [5.74, 6) is -0.350. The highest BCUT2D eigenvalue weighted by molar-refractivity contribution is 6.33. The second-order valence-electron chi connectivity index (χ2n) is 6.28.